The van der Waals surface area contributed by atoms with Gasteiger partial charge in [0.25, 0.3) is 0 Å². The summed E-state index contributed by atoms with van der Waals surface area (Å²) in [5.41, 5.74) is 0. The Morgan fingerprint density at radius 1 is 1.55 bits per heavy atom. The topological polar surface area (TPSA) is 32.3 Å². The van der Waals surface area contributed by atoms with Gasteiger partial charge in [0.2, 0.25) is 0 Å². The Balaban J connectivity index is 2.18. The standard InChI is InChI=1S/C8H17NOS/c1-6(10)7(2)11-8-3-4-9-5-8/h6-10H,3-5H2,1-2H3. The van der Waals surface area contributed by atoms with Crippen LogP contribution in [0.4, 0.5) is 0 Å². The van der Waals surface area contributed by atoms with Crippen molar-refractivity contribution in [2.45, 2.75) is 36.9 Å². The van der Waals surface area contributed by atoms with Gasteiger partial charge in [0.1, 0.15) is 0 Å². The van der Waals surface area contributed by atoms with Crippen LogP contribution in [0.15, 0.2) is 0 Å². The van der Waals surface area contributed by atoms with Gasteiger partial charge in [0, 0.05) is 17.0 Å². The minimum absolute atomic E-state index is 0.180. The molecule has 3 unspecified atom stereocenters. The fourth-order valence-electron chi connectivity index (χ4n) is 1.16. The molecule has 1 saturated heterocycles. The normalized spacial score (nSPS) is 30.3. The lowest BCUT2D eigenvalue weighted by Gasteiger charge is -2.17. The third-order valence-electron chi connectivity index (χ3n) is 2.10. The molecule has 0 bridgehead atoms. The van der Waals surface area contributed by atoms with Gasteiger partial charge in [-0.15, -0.1) is 0 Å². The first-order valence-corrected chi connectivity index (χ1v) is 5.18. The number of aliphatic hydroxyl groups excluding tert-OH is 1. The van der Waals surface area contributed by atoms with E-state index < -0.39 is 0 Å². The molecule has 0 amide bonds. The Morgan fingerprint density at radius 2 is 2.27 bits per heavy atom. The molecule has 0 spiro atoms. The largest absolute Gasteiger partial charge is 0.392 e. The Kier molecular flexibility index (Phi) is 3.69. The first kappa shape index (κ1) is 9.36. The molecule has 2 nitrogen and oxygen atoms in total. The molecule has 11 heavy (non-hydrogen) atoms. The van der Waals surface area contributed by atoms with E-state index in [2.05, 4.69) is 12.2 Å². The van der Waals surface area contributed by atoms with E-state index in [1.165, 1.54) is 6.42 Å². The number of hydrogen-bond acceptors (Lipinski definition) is 3. The van der Waals surface area contributed by atoms with Crippen LogP contribution in [0.2, 0.25) is 0 Å². The predicted molar refractivity (Wildman–Crippen MR) is 50.0 cm³/mol. The summed E-state index contributed by atoms with van der Waals surface area (Å²) in [5.74, 6) is 0. The zero-order valence-electron chi connectivity index (χ0n) is 7.21. The van der Waals surface area contributed by atoms with Crippen molar-refractivity contribution in [2.75, 3.05) is 13.1 Å². The molecule has 1 rings (SSSR count). The van der Waals surface area contributed by atoms with Crippen LogP contribution in [-0.2, 0) is 0 Å². The summed E-state index contributed by atoms with van der Waals surface area (Å²) in [7, 11) is 0. The van der Waals surface area contributed by atoms with Crippen molar-refractivity contribution in [2.24, 2.45) is 0 Å². The third-order valence-corrected chi connectivity index (χ3v) is 3.71. The molecule has 0 aromatic rings. The summed E-state index contributed by atoms with van der Waals surface area (Å²) >= 11 is 1.90. The van der Waals surface area contributed by atoms with E-state index in [0.717, 1.165) is 18.3 Å². The van der Waals surface area contributed by atoms with Crippen LogP contribution in [0.25, 0.3) is 0 Å². The van der Waals surface area contributed by atoms with E-state index in [1.54, 1.807) is 0 Å². The second-order valence-electron chi connectivity index (χ2n) is 3.20. The molecular weight excluding hydrogens is 158 g/mol. The van der Waals surface area contributed by atoms with Crippen LogP contribution in [0.3, 0.4) is 0 Å². The molecule has 1 heterocycles. The van der Waals surface area contributed by atoms with E-state index in [1.807, 2.05) is 18.7 Å². The highest BCUT2D eigenvalue weighted by atomic mass is 32.2. The van der Waals surface area contributed by atoms with Gasteiger partial charge < -0.3 is 10.4 Å². The quantitative estimate of drug-likeness (QED) is 0.667. The Hall–Kier alpha value is 0.270. The van der Waals surface area contributed by atoms with E-state index in [4.69, 9.17) is 0 Å². The van der Waals surface area contributed by atoms with Crippen molar-refractivity contribution in [1.82, 2.24) is 5.32 Å². The lowest BCUT2D eigenvalue weighted by molar-refractivity contribution is 0.196. The van der Waals surface area contributed by atoms with Gasteiger partial charge in [-0.1, -0.05) is 6.92 Å². The molecule has 3 atom stereocenters. The second kappa shape index (κ2) is 4.33. The number of thioether (sulfide) groups is 1. The monoisotopic (exact) mass is 175 g/mol. The average molecular weight is 175 g/mol. The van der Waals surface area contributed by atoms with Crippen LogP contribution < -0.4 is 5.32 Å². The summed E-state index contributed by atoms with van der Waals surface area (Å²) in [6, 6.07) is 0. The highest BCUT2D eigenvalue weighted by Crippen LogP contribution is 2.24. The second-order valence-corrected chi connectivity index (χ2v) is 4.88. The van der Waals surface area contributed by atoms with Gasteiger partial charge in [-0.25, -0.2) is 0 Å². The highest BCUT2D eigenvalue weighted by molar-refractivity contribution is 8.00. The molecule has 1 aliphatic rings. The molecule has 1 fully saturated rings. The molecule has 2 N–H and O–H groups in total. The molecule has 0 aromatic carbocycles. The van der Waals surface area contributed by atoms with Crippen molar-refractivity contribution >= 4 is 11.8 Å². The van der Waals surface area contributed by atoms with Crippen molar-refractivity contribution in [1.29, 1.82) is 0 Å². The maximum Gasteiger partial charge on any atom is 0.0628 e. The van der Waals surface area contributed by atoms with E-state index in [-0.39, 0.29) is 6.10 Å². The molecule has 66 valence electrons. The predicted octanol–water partition coefficient (Wildman–Crippen LogP) is 0.851. The van der Waals surface area contributed by atoms with Gasteiger partial charge in [0.15, 0.2) is 0 Å². The Morgan fingerprint density at radius 3 is 2.73 bits per heavy atom. The number of rotatable bonds is 3. The maximum absolute atomic E-state index is 9.24. The molecule has 3 heteroatoms. The van der Waals surface area contributed by atoms with Gasteiger partial charge in [0.05, 0.1) is 6.10 Å². The minimum atomic E-state index is -0.180. The van der Waals surface area contributed by atoms with E-state index in [9.17, 15) is 5.11 Å². The summed E-state index contributed by atoms with van der Waals surface area (Å²) in [6.07, 6.45) is 1.07. The lowest BCUT2D eigenvalue weighted by Crippen LogP contribution is -2.20. The lowest BCUT2D eigenvalue weighted by atomic mass is 10.3. The SMILES string of the molecule is CC(O)C(C)SC1CCNC1. The molecule has 0 aliphatic carbocycles. The summed E-state index contributed by atoms with van der Waals surface area (Å²) < 4.78 is 0. The number of aliphatic hydroxyl groups is 1. The van der Waals surface area contributed by atoms with Crippen molar-refractivity contribution in [3.05, 3.63) is 0 Å². The van der Waals surface area contributed by atoms with Crippen LogP contribution in [0.1, 0.15) is 20.3 Å². The van der Waals surface area contributed by atoms with E-state index >= 15 is 0 Å². The summed E-state index contributed by atoms with van der Waals surface area (Å²) in [5, 5.41) is 13.7. The number of nitrogens with one attached hydrogen (secondary N) is 1. The van der Waals surface area contributed by atoms with Crippen LogP contribution in [0, 0.1) is 0 Å². The fourth-order valence-corrected chi connectivity index (χ4v) is 2.46. The highest BCUT2D eigenvalue weighted by Gasteiger charge is 2.19. The first-order valence-electron chi connectivity index (χ1n) is 4.24. The Labute approximate surface area is 72.8 Å². The van der Waals surface area contributed by atoms with Crippen LogP contribution in [0.5, 0.6) is 0 Å². The van der Waals surface area contributed by atoms with Gasteiger partial charge >= 0.3 is 0 Å². The van der Waals surface area contributed by atoms with Crippen LogP contribution in [-0.4, -0.2) is 34.8 Å². The van der Waals surface area contributed by atoms with Crippen molar-refractivity contribution in [3.63, 3.8) is 0 Å². The smallest absolute Gasteiger partial charge is 0.0628 e. The van der Waals surface area contributed by atoms with Gasteiger partial charge in [-0.05, 0) is 19.9 Å². The van der Waals surface area contributed by atoms with Crippen molar-refractivity contribution in [3.8, 4) is 0 Å². The molecule has 0 aromatic heterocycles. The Bertz CT molecular complexity index is 113. The maximum atomic E-state index is 9.24. The zero-order chi connectivity index (χ0) is 8.27. The number of hydrogen-bond donors (Lipinski definition) is 2. The zero-order valence-corrected chi connectivity index (χ0v) is 8.03. The fraction of sp³-hybridized carbons (Fsp3) is 1.00. The molecular formula is C8H17NOS. The minimum Gasteiger partial charge on any atom is -0.392 e. The van der Waals surface area contributed by atoms with Gasteiger partial charge in [-0.3, -0.25) is 0 Å². The van der Waals surface area contributed by atoms with Gasteiger partial charge in [-0.2, -0.15) is 11.8 Å². The average Bonchev–Trinajstić information content (AvgIpc) is 2.39. The van der Waals surface area contributed by atoms with Crippen LogP contribution >= 0.6 is 11.8 Å². The molecule has 1 aliphatic heterocycles. The van der Waals surface area contributed by atoms with E-state index in [0.29, 0.717) is 5.25 Å². The third kappa shape index (κ3) is 3.01. The summed E-state index contributed by atoms with van der Waals surface area (Å²) in [6.45, 7) is 6.21. The molecule has 0 saturated carbocycles. The first-order chi connectivity index (χ1) is 5.20. The molecule has 0 radical (unpaired) electrons. The van der Waals surface area contributed by atoms with Crippen molar-refractivity contribution < 1.29 is 5.11 Å². The summed E-state index contributed by atoms with van der Waals surface area (Å²) in [4.78, 5) is 0.